The normalized spacial score (nSPS) is 13.2. The van der Waals surface area contributed by atoms with Gasteiger partial charge in [0, 0.05) is 18.7 Å². The first kappa shape index (κ1) is 16.6. The van der Waals surface area contributed by atoms with Crippen LogP contribution < -0.4 is 10.6 Å². The number of carbonyl (C=O) groups excluding carboxylic acids is 2. The van der Waals surface area contributed by atoms with Crippen molar-refractivity contribution < 1.29 is 23.2 Å². The molecule has 0 aliphatic heterocycles. The molecular formula is C15H16FN3O4. The second-order valence-corrected chi connectivity index (χ2v) is 4.94. The summed E-state index contributed by atoms with van der Waals surface area (Å²) in [5.74, 6) is -2.15. The third-order valence-electron chi connectivity index (χ3n) is 3.37. The summed E-state index contributed by atoms with van der Waals surface area (Å²) in [6.45, 7) is 1.52. The van der Waals surface area contributed by atoms with Gasteiger partial charge in [-0.3, -0.25) is 14.9 Å². The van der Waals surface area contributed by atoms with Gasteiger partial charge in [0.1, 0.15) is 17.7 Å². The number of ether oxygens (including phenoxy) is 1. The van der Waals surface area contributed by atoms with E-state index in [9.17, 15) is 14.0 Å². The van der Waals surface area contributed by atoms with Gasteiger partial charge in [0.05, 0.1) is 6.54 Å². The average molecular weight is 321 g/mol. The summed E-state index contributed by atoms with van der Waals surface area (Å²) in [6.07, 6.45) is 1.26. The molecule has 2 aromatic rings. The number of nitrogens with zero attached hydrogens (tertiary/aromatic N) is 1. The van der Waals surface area contributed by atoms with Gasteiger partial charge in [0.2, 0.25) is 0 Å². The molecular weight excluding hydrogens is 305 g/mol. The number of methoxy groups -OCH3 is 1. The Labute approximate surface area is 131 Å². The molecule has 1 aromatic heterocycles. The number of amides is 2. The third kappa shape index (κ3) is 3.92. The maximum absolute atomic E-state index is 13.9. The summed E-state index contributed by atoms with van der Waals surface area (Å²) in [7, 11) is 1.40. The van der Waals surface area contributed by atoms with E-state index in [1.165, 1.54) is 25.5 Å². The maximum Gasteiger partial charge on any atom is 0.314 e. The standard InChI is InChI=1S/C15H16FN3O4/c1-15(22-2,10-5-3-4-6-11(10)16)9-17-13(20)14(21)18-12-7-8-23-19-12/h3-8H,9H2,1-2H3,(H,17,20)(H,18,19,21)/t15-/m1/s1. The number of nitrogens with one attached hydrogen (secondary N) is 2. The van der Waals surface area contributed by atoms with Gasteiger partial charge in [-0.2, -0.15) is 0 Å². The molecule has 2 N–H and O–H groups in total. The van der Waals surface area contributed by atoms with E-state index in [0.717, 1.165) is 0 Å². The monoisotopic (exact) mass is 321 g/mol. The molecule has 2 amide bonds. The van der Waals surface area contributed by atoms with Gasteiger partial charge in [-0.25, -0.2) is 4.39 Å². The van der Waals surface area contributed by atoms with Crippen molar-refractivity contribution in [1.29, 1.82) is 0 Å². The predicted molar refractivity (Wildman–Crippen MR) is 78.9 cm³/mol. The second kappa shape index (κ2) is 7.01. The highest BCUT2D eigenvalue weighted by molar-refractivity contribution is 6.39. The molecule has 1 atom stereocenters. The van der Waals surface area contributed by atoms with Gasteiger partial charge in [-0.1, -0.05) is 23.4 Å². The van der Waals surface area contributed by atoms with Crippen molar-refractivity contribution in [1.82, 2.24) is 10.5 Å². The summed E-state index contributed by atoms with van der Waals surface area (Å²) in [5, 5.41) is 8.13. The minimum absolute atomic E-state index is 0.0878. The highest BCUT2D eigenvalue weighted by Gasteiger charge is 2.30. The van der Waals surface area contributed by atoms with E-state index < -0.39 is 23.2 Å². The Kier molecular flexibility index (Phi) is 5.07. The molecule has 0 spiro atoms. The van der Waals surface area contributed by atoms with Crippen molar-refractivity contribution in [2.75, 3.05) is 19.0 Å². The van der Waals surface area contributed by atoms with Crippen LogP contribution in [0.2, 0.25) is 0 Å². The summed E-state index contributed by atoms with van der Waals surface area (Å²) >= 11 is 0. The van der Waals surface area contributed by atoms with Crippen LogP contribution in [0.15, 0.2) is 41.1 Å². The number of aromatic nitrogens is 1. The number of hydrogen-bond acceptors (Lipinski definition) is 5. The Morgan fingerprint density at radius 3 is 2.65 bits per heavy atom. The molecule has 1 heterocycles. The predicted octanol–water partition coefficient (Wildman–Crippen LogP) is 1.43. The van der Waals surface area contributed by atoms with Crippen LogP contribution in [0.4, 0.5) is 10.2 Å². The zero-order valence-electron chi connectivity index (χ0n) is 12.6. The zero-order chi connectivity index (χ0) is 16.9. The molecule has 0 fully saturated rings. The molecule has 23 heavy (non-hydrogen) atoms. The van der Waals surface area contributed by atoms with Gasteiger partial charge in [-0.15, -0.1) is 0 Å². The lowest BCUT2D eigenvalue weighted by molar-refractivity contribution is -0.137. The zero-order valence-corrected chi connectivity index (χ0v) is 12.6. The molecule has 0 aliphatic carbocycles. The lowest BCUT2D eigenvalue weighted by Gasteiger charge is -2.29. The van der Waals surface area contributed by atoms with Gasteiger partial charge >= 0.3 is 11.8 Å². The Morgan fingerprint density at radius 1 is 1.30 bits per heavy atom. The molecule has 0 radical (unpaired) electrons. The number of rotatable bonds is 5. The Bertz CT molecular complexity index is 690. The molecule has 0 bridgehead atoms. The molecule has 2 rings (SSSR count). The van der Waals surface area contributed by atoms with Gasteiger partial charge in [-0.05, 0) is 13.0 Å². The lowest BCUT2D eigenvalue weighted by atomic mass is 9.95. The number of anilines is 1. The number of hydrogen-bond donors (Lipinski definition) is 2. The van der Waals surface area contributed by atoms with Crippen LogP contribution in [0.25, 0.3) is 0 Å². The number of carbonyl (C=O) groups is 2. The van der Waals surface area contributed by atoms with Crippen LogP contribution in [0, 0.1) is 5.82 Å². The van der Waals surface area contributed by atoms with E-state index in [1.807, 2.05) is 0 Å². The molecule has 8 heteroatoms. The van der Waals surface area contributed by atoms with E-state index in [2.05, 4.69) is 20.3 Å². The fourth-order valence-corrected chi connectivity index (χ4v) is 1.95. The molecule has 0 saturated heterocycles. The summed E-state index contributed by atoms with van der Waals surface area (Å²) in [6, 6.07) is 7.46. The largest absolute Gasteiger partial charge is 0.372 e. The third-order valence-corrected chi connectivity index (χ3v) is 3.37. The highest BCUT2D eigenvalue weighted by Crippen LogP contribution is 2.26. The van der Waals surface area contributed by atoms with Crippen LogP contribution in [-0.4, -0.2) is 30.6 Å². The Hall–Kier alpha value is -2.74. The average Bonchev–Trinajstić information content (AvgIpc) is 3.05. The van der Waals surface area contributed by atoms with E-state index in [1.54, 1.807) is 25.1 Å². The SMILES string of the molecule is CO[C@](C)(CNC(=O)C(=O)Nc1ccon1)c1ccccc1F. The van der Waals surface area contributed by atoms with Gasteiger partial charge in [0.25, 0.3) is 0 Å². The van der Waals surface area contributed by atoms with Crippen LogP contribution in [0.5, 0.6) is 0 Å². The summed E-state index contributed by atoms with van der Waals surface area (Å²) < 4.78 is 23.8. The smallest absolute Gasteiger partial charge is 0.314 e. The Balaban J connectivity index is 2.01. The van der Waals surface area contributed by atoms with E-state index >= 15 is 0 Å². The topological polar surface area (TPSA) is 93.5 Å². The van der Waals surface area contributed by atoms with Crippen molar-refractivity contribution >= 4 is 17.6 Å². The Morgan fingerprint density at radius 2 is 2.04 bits per heavy atom. The van der Waals surface area contributed by atoms with Crippen molar-refractivity contribution in [3.05, 3.63) is 48.0 Å². The van der Waals surface area contributed by atoms with Crippen LogP contribution in [0.1, 0.15) is 12.5 Å². The lowest BCUT2D eigenvalue weighted by Crippen LogP contribution is -2.44. The van der Waals surface area contributed by atoms with Crippen molar-refractivity contribution in [3.8, 4) is 0 Å². The number of benzene rings is 1. The maximum atomic E-state index is 13.9. The molecule has 7 nitrogen and oxygen atoms in total. The summed E-state index contributed by atoms with van der Waals surface area (Å²) in [4.78, 5) is 23.5. The highest BCUT2D eigenvalue weighted by atomic mass is 19.1. The molecule has 0 saturated carbocycles. The first-order valence-corrected chi connectivity index (χ1v) is 6.76. The minimum Gasteiger partial charge on any atom is -0.372 e. The first-order valence-electron chi connectivity index (χ1n) is 6.76. The van der Waals surface area contributed by atoms with E-state index in [4.69, 9.17) is 4.74 Å². The molecule has 0 unspecified atom stereocenters. The van der Waals surface area contributed by atoms with Gasteiger partial charge < -0.3 is 14.6 Å². The van der Waals surface area contributed by atoms with Crippen molar-refractivity contribution in [2.24, 2.45) is 0 Å². The van der Waals surface area contributed by atoms with Crippen molar-refractivity contribution in [3.63, 3.8) is 0 Å². The van der Waals surface area contributed by atoms with Crippen LogP contribution in [0.3, 0.4) is 0 Å². The quantitative estimate of drug-likeness (QED) is 0.813. The molecule has 1 aromatic carbocycles. The fourth-order valence-electron chi connectivity index (χ4n) is 1.95. The second-order valence-electron chi connectivity index (χ2n) is 4.94. The number of halogens is 1. The fraction of sp³-hybridized carbons (Fsp3) is 0.267. The van der Waals surface area contributed by atoms with Gasteiger partial charge in [0.15, 0.2) is 5.82 Å². The van der Waals surface area contributed by atoms with Crippen LogP contribution in [-0.2, 0) is 19.9 Å². The first-order chi connectivity index (χ1) is 11.0. The van der Waals surface area contributed by atoms with E-state index in [0.29, 0.717) is 0 Å². The summed E-state index contributed by atoms with van der Waals surface area (Å²) in [5.41, 5.74) is -0.838. The minimum atomic E-state index is -1.12. The molecule has 122 valence electrons. The van der Waals surface area contributed by atoms with Crippen molar-refractivity contribution in [2.45, 2.75) is 12.5 Å². The molecule has 0 aliphatic rings. The van der Waals surface area contributed by atoms with Crippen LogP contribution >= 0.6 is 0 Å². The van der Waals surface area contributed by atoms with E-state index in [-0.39, 0.29) is 17.9 Å².